The molecule has 24 heavy (non-hydrogen) atoms. The minimum Gasteiger partial charge on any atom is -0.309 e. The molecule has 0 aliphatic carbocycles. The lowest BCUT2D eigenvalue weighted by molar-refractivity contribution is -0.138. The summed E-state index contributed by atoms with van der Waals surface area (Å²) < 4.78 is 39.4. The predicted octanol–water partition coefficient (Wildman–Crippen LogP) is 4.35. The Morgan fingerprint density at radius 3 is 2.54 bits per heavy atom. The number of nitrogens with zero attached hydrogens (tertiary/aromatic N) is 2. The summed E-state index contributed by atoms with van der Waals surface area (Å²) in [4.78, 5) is 16.4. The lowest BCUT2D eigenvalue weighted by atomic mass is 10.2. The molecule has 3 nitrogen and oxygen atoms in total. The van der Waals surface area contributed by atoms with Crippen LogP contribution in [0, 0.1) is 6.92 Å². The smallest absolute Gasteiger partial charge is 0.309 e. The first-order chi connectivity index (χ1) is 11.3. The van der Waals surface area contributed by atoms with Gasteiger partial charge in [-0.25, -0.2) is 4.98 Å². The van der Waals surface area contributed by atoms with Gasteiger partial charge in [-0.3, -0.25) is 4.79 Å². The van der Waals surface area contributed by atoms with Gasteiger partial charge < -0.3 is 4.57 Å². The summed E-state index contributed by atoms with van der Waals surface area (Å²) >= 11 is 1.39. The van der Waals surface area contributed by atoms with Gasteiger partial charge in [0.2, 0.25) is 0 Å². The molecule has 0 atom stereocenters. The molecule has 0 fully saturated rings. The van der Waals surface area contributed by atoms with E-state index >= 15 is 0 Å². The van der Waals surface area contributed by atoms with Gasteiger partial charge in [0, 0.05) is 17.1 Å². The van der Waals surface area contributed by atoms with Crippen LogP contribution in [0.2, 0.25) is 0 Å². The van der Waals surface area contributed by atoms with Crippen molar-refractivity contribution in [3.8, 4) is 10.6 Å². The van der Waals surface area contributed by atoms with E-state index in [1.807, 2.05) is 31.2 Å². The van der Waals surface area contributed by atoms with Gasteiger partial charge >= 0.3 is 6.18 Å². The third-order valence-electron chi connectivity index (χ3n) is 3.51. The van der Waals surface area contributed by atoms with E-state index in [-0.39, 0.29) is 6.54 Å². The maximum absolute atomic E-state index is 12.8. The Balaban J connectivity index is 1.88. The molecule has 0 aliphatic heterocycles. The minimum absolute atomic E-state index is 0.00507. The quantitative estimate of drug-likeness (QED) is 0.704. The summed E-state index contributed by atoms with van der Waals surface area (Å²) in [5.41, 5.74) is 0.394. The first-order valence-electron chi connectivity index (χ1n) is 7.13. The number of pyridine rings is 1. The largest absolute Gasteiger partial charge is 0.421 e. The molecule has 0 N–H and O–H groups in total. The van der Waals surface area contributed by atoms with Gasteiger partial charge in [-0.1, -0.05) is 29.8 Å². The second kappa shape index (κ2) is 6.24. The van der Waals surface area contributed by atoms with Gasteiger partial charge in [0.1, 0.15) is 10.6 Å². The van der Waals surface area contributed by atoms with Crippen molar-refractivity contribution in [2.75, 3.05) is 0 Å². The van der Waals surface area contributed by atoms with Crippen LogP contribution in [0.25, 0.3) is 10.6 Å². The van der Waals surface area contributed by atoms with Crippen LogP contribution in [-0.4, -0.2) is 9.55 Å². The number of aromatic nitrogens is 2. The highest BCUT2D eigenvalue weighted by Crippen LogP contribution is 2.27. The summed E-state index contributed by atoms with van der Waals surface area (Å²) in [7, 11) is 0. The van der Waals surface area contributed by atoms with E-state index < -0.39 is 17.3 Å². The molecular formula is C17H13F3N2OS. The standard InChI is InChI=1S/C17H13F3N2OS/c1-11-4-6-12(7-5-11)15-21-13(10-24-15)9-22-8-2-3-14(16(22)23)17(18,19)20/h2-8,10H,9H2,1H3. The Labute approximate surface area is 140 Å². The Kier molecular flexibility index (Phi) is 4.28. The molecule has 0 saturated carbocycles. The summed E-state index contributed by atoms with van der Waals surface area (Å²) in [5, 5.41) is 2.52. The number of halogens is 3. The first-order valence-corrected chi connectivity index (χ1v) is 8.00. The third-order valence-corrected chi connectivity index (χ3v) is 4.45. The number of hydrogen-bond donors (Lipinski definition) is 0. The van der Waals surface area contributed by atoms with Gasteiger partial charge in [0.05, 0.1) is 12.2 Å². The Hall–Kier alpha value is -2.41. The van der Waals surface area contributed by atoms with Crippen LogP contribution in [0.15, 0.2) is 52.8 Å². The molecular weight excluding hydrogens is 337 g/mol. The summed E-state index contributed by atoms with van der Waals surface area (Å²) in [6, 6.07) is 9.82. The molecule has 0 saturated heterocycles. The lowest BCUT2D eigenvalue weighted by Crippen LogP contribution is -2.28. The second-order valence-corrected chi connectivity index (χ2v) is 6.22. The normalized spacial score (nSPS) is 11.7. The van der Waals surface area contributed by atoms with E-state index in [9.17, 15) is 18.0 Å². The number of hydrogen-bond acceptors (Lipinski definition) is 3. The number of rotatable bonds is 3. The fraction of sp³-hybridized carbons (Fsp3) is 0.176. The second-order valence-electron chi connectivity index (χ2n) is 5.36. The molecule has 2 heterocycles. The highest BCUT2D eigenvalue weighted by molar-refractivity contribution is 7.13. The lowest BCUT2D eigenvalue weighted by Gasteiger charge is -2.09. The van der Waals surface area contributed by atoms with E-state index in [2.05, 4.69) is 4.98 Å². The van der Waals surface area contributed by atoms with Gasteiger partial charge in [-0.2, -0.15) is 13.2 Å². The first kappa shape index (κ1) is 16.4. The highest BCUT2D eigenvalue weighted by atomic mass is 32.1. The van der Waals surface area contributed by atoms with E-state index in [4.69, 9.17) is 0 Å². The van der Waals surface area contributed by atoms with Crippen LogP contribution in [0.3, 0.4) is 0 Å². The van der Waals surface area contributed by atoms with Crippen LogP contribution >= 0.6 is 11.3 Å². The van der Waals surface area contributed by atoms with Gasteiger partial charge in [-0.05, 0) is 19.1 Å². The van der Waals surface area contributed by atoms with Crippen molar-refractivity contribution >= 4 is 11.3 Å². The summed E-state index contributed by atoms with van der Waals surface area (Å²) in [6.07, 6.45) is -3.32. The molecule has 0 spiro atoms. The predicted molar refractivity (Wildman–Crippen MR) is 87.1 cm³/mol. The molecule has 1 aromatic carbocycles. The summed E-state index contributed by atoms with van der Waals surface area (Å²) in [5.74, 6) is 0. The Bertz CT molecular complexity index is 911. The summed E-state index contributed by atoms with van der Waals surface area (Å²) in [6.45, 7) is 1.99. The van der Waals surface area contributed by atoms with Crippen LogP contribution in [0.1, 0.15) is 16.8 Å². The zero-order chi connectivity index (χ0) is 17.3. The van der Waals surface area contributed by atoms with Gasteiger partial charge in [-0.15, -0.1) is 11.3 Å². The molecule has 0 radical (unpaired) electrons. The van der Waals surface area contributed by atoms with Crippen LogP contribution < -0.4 is 5.56 Å². The van der Waals surface area contributed by atoms with Crippen LogP contribution in [0.5, 0.6) is 0 Å². The molecule has 0 unspecified atom stereocenters. The molecule has 0 aliphatic rings. The molecule has 7 heteroatoms. The maximum atomic E-state index is 12.8. The third kappa shape index (κ3) is 3.41. The Morgan fingerprint density at radius 2 is 1.88 bits per heavy atom. The SMILES string of the molecule is Cc1ccc(-c2nc(Cn3cccc(C(F)(F)F)c3=O)cs2)cc1. The molecule has 3 rings (SSSR count). The zero-order valence-corrected chi connectivity index (χ0v) is 13.5. The van der Waals surface area contributed by atoms with Crippen molar-refractivity contribution in [2.45, 2.75) is 19.6 Å². The topological polar surface area (TPSA) is 34.9 Å². The fourth-order valence-corrected chi connectivity index (χ4v) is 3.08. The minimum atomic E-state index is -4.66. The number of aryl methyl sites for hydroxylation is 1. The fourth-order valence-electron chi connectivity index (χ4n) is 2.26. The van der Waals surface area contributed by atoms with E-state index in [0.717, 1.165) is 26.8 Å². The van der Waals surface area contributed by atoms with Crippen molar-refractivity contribution in [3.63, 3.8) is 0 Å². The molecule has 0 amide bonds. The van der Waals surface area contributed by atoms with E-state index in [0.29, 0.717) is 5.69 Å². The monoisotopic (exact) mass is 350 g/mol. The average Bonchev–Trinajstić information content (AvgIpc) is 2.97. The van der Waals surface area contributed by atoms with E-state index in [1.54, 1.807) is 5.38 Å². The highest BCUT2D eigenvalue weighted by Gasteiger charge is 2.34. The maximum Gasteiger partial charge on any atom is 0.421 e. The van der Waals surface area contributed by atoms with Crippen molar-refractivity contribution in [1.29, 1.82) is 0 Å². The number of thiazole rings is 1. The number of alkyl halides is 3. The molecule has 3 aromatic rings. The molecule has 2 aromatic heterocycles. The van der Waals surface area contributed by atoms with Crippen LogP contribution in [0.4, 0.5) is 13.2 Å². The van der Waals surface area contributed by atoms with Gasteiger partial charge in [0.25, 0.3) is 5.56 Å². The average molecular weight is 350 g/mol. The van der Waals surface area contributed by atoms with Crippen molar-refractivity contribution in [3.05, 3.63) is 75.1 Å². The van der Waals surface area contributed by atoms with Crippen molar-refractivity contribution in [2.24, 2.45) is 0 Å². The van der Waals surface area contributed by atoms with Crippen LogP contribution in [-0.2, 0) is 12.7 Å². The van der Waals surface area contributed by atoms with E-state index in [1.165, 1.54) is 23.6 Å². The molecule has 124 valence electrons. The molecule has 0 bridgehead atoms. The number of benzene rings is 1. The van der Waals surface area contributed by atoms with Crippen molar-refractivity contribution in [1.82, 2.24) is 9.55 Å². The Morgan fingerprint density at radius 1 is 1.17 bits per heavy atom. The van der Waals surface area contributed by atoms with Gasteiger partial charge in [0.15, 0.2) is 0 Å². The van der Waals surface area contributed by atoms with Crippen molar-refractivity contribution < 1.29 is 13.2 Å². The zero-order valence-electron chi connectivity index (χ0n) is 12.7.